The molecular formula is C19H31BrIN3O2S. The fraction of sp³-hybridized carbons (Fsp3) is 0.632. The largest absolute Gasteiger partial charge is 0.356 e. The van der Waals surface area contributed by atoms with Crippen LogP contribution in [0.3, 0.4) is 0 Å². The molecule has 27 heavy (non-hydrogen) atoms. The first-order valence-corrected chi connectivity index (χ1v) is 11.8. The van der Waals surface area contributed by atoms with Crippen LogP contribution >= 0.6 is 39.9 Å². The van der Waals surface area contributed by atoms with Gasteiger partial charge >= 0.3 is 0 Å². The summed E-state index contributed by atoms with van der Waals surface area (Å²) in [6.07, 6.45) is 4.24. The molecule has 154 valence electrons. The number of nitrogens with one attached hydrogen (secondary N) is 2. The van der Waals surface area contributed by atoms with Crippen molar-refractivity contribution >= 4 is 55.7 Å². The number of hydrogen-bond acceptors (Lipinski definition) is 3. The monoisotopic (exact) mass is 571 g/mol. The van der Waals surface area contributed by atoms with Crippen molar-refractivity contribution in [3.8, 4) is 0 Å². The summed E-state index contributed by atoms with van der Waals surface area (Å²) < 4.78 is 23.9. The first-order chi connectivity index (χ1) is 12.1. The normalized spacial score (nSPS) is 16.4. The molecule has 1 aliphatic carbocycles. The van der Waals surface area contributed by atoms with E-state index < -0.39 is 9.84 Å². The predicted molar refractivity (Wildman–Crippen MR) is 128 cm³/mol. The van der Waals surface area contributed by atoms with Crippen molar-refractivity contribution < 1.29 is 8.42 Å². The van der Waals surface area contributed by atoms with Gasteiger partial charge in [0.05, 0.1) is 5.75 Å². The minimum atomic E-state index is -2.94. The maximum absolute atomic E-state index is 11.4. The predicted octanol–water partition coefficient (Wildman–Crippen LogP) is 3.72. The average molecular weight is 572 g/mol. The van der Waals surface area contributed by atoms with Gasteiger partial charge in [-0.05, 0) is 36.3 Å². The summed E-state index contributed by atoms with van der Waals surface area (Å²) in [4.78, 5) is 4.31. The highest BCUT2D eigenvalue weighted by atomic mass is 127. The zero-order valence-corrected chi connectivity index (χ0v) is 21.2. The van der Waals surface area contributed by atoms with E-state index >= 15 is 0 Å². The van der Waals surface area contributed by atoms with Crippen molar-refractivity contribution in [2.24, 2.45) is 10.4 Å². The Kier molecular flexibility index (Phi) is 9.06. The van der Waals surface area contributed by atoms with E-state index in [9.17, 15) is 8.42 Å². The van der Waals surface area contributed by atoms with Crippen molar-refractivity contribution in [1.29, 1.82) is 0 Å². The minimum Gasteiger partial charge on any atom is -0.356 e. The SMILES string of the molecule is CN=C(NCC(C)(C)CCS(C)(=O)=O)NCC1(c2ccccc2Br)CC1.I. The fourth-order valence-electron chi connectivity index (χ4n) is 2.93. The lowest BCUT2D eigenvalue weighted by Gasteiger charge is -2.26. The minimum absolute atomic E-state index is 0. The molecule has 8 heteroatoms. The molecule has 1 aromatic rings. The zero-order valence-electron chi connectivity index (χ0n) is 16.5. The summed E-state index contributed by atoms with van der Waals surface area (Å²) in [7, 11) is -1.17. The molecule has 2 N–H and O–H groups in total. The summed E-state index contributed by atoms with van der Waals surface area (Å²) in [6.45, 7) is 5.65. The highest BCUT2D eigenvalue weighted by Gasteiger charge is 2.45. The van der Waals surface area contributed by atoms with Crippen molar-refractivity contribution in [2.45, 2.75) is 38.5 Å². The standard InChI is InChI=1S/C19H30BrN3O2S.HI/c1-18(2,11-12-26(4,24)25)13-22-17(21-3)23-14-19(9-10-19)15-7-5-6-8-16(15)20;/h5-8H,9-14H2,1-4H3,(H2,21,22,23);1H. The third-order valence-electron chi connectivity index (χ3n) is 5.00. The van der Waals surface area contributed by atoms with Crippen LogP contribution in [0, 0.1) is 5.41 Å². The van der Waals surface area contributed by atoms with Gasteiger partial charge in [0.1, 0.15) is 9.84 Å². The van der Waals surface area contributed by atoms with Gasteiger partial charge in [-0.15, -0.1) is 24.0 Å². The van der Waals surface area contributed by atoms with E-state index in [1.165, 1.54) is 24.7 Å². The van der Waals surface area contributed by atoms with E-state index in [0.29, 0.717) is 13.0 Å². The molecule has 0 unspecified atom stereocenters. The van der Waals surface area contributed by atoms with Crippen LogP contribution in [0.5, 0.6) is 0 Å². The molecule has 2 rings (SSSR count). The average Bonchev–Trinajstić information content (AvgIpc) is 3.34. The van der Waals surface area contributed by atoms with Gasteiger partial charge in [-0.3, -0.25) is 4.99 Å². The van der Waals surface area contributed by atoms with Crippen molar-refractivity contribution in [3.05, 3.63) is 34.3 Å². The van der Waals surface area contributed by atoms with Gasteiger partial charge in [0.2, 0.25) is 0 Å². The van der Waals surface area contributed by atoms with Gasteiger partial charge in [0.25, 0.3) is 0 Å². The summed E-state index contributed by atoms with van der Waals surface area (Å²) in [5.74, 6) is 0.967. The van der Waals surface area contributed by atoms with Gasteiger partial charge in [0, 0.05) is 36.3 Å². The summed E-state index contributed by atoms with van der Waals surface area (Å²) in [5.41, 5.74) is 1.39. The molecule has 1 aromatic carbocycles. The van der Waals surface area contributed by atoms with E-state index in [-0.39, 0.29) is 40.6 Å². The molecular weight excluding hydrogens is 541 g/mol. The van der Waals surface area contributed by atoms with Gasteiger partial charge < -0.3 is 10.6 Å². The number of hydrogen-bond donors (Lipinski definition) is 2. The Morgan fingerprint density at radius 1 is 1.26 bits per heavy atom. The van der Waals surface area contributed by atoms with Gasteiger partial charge in [-0.2, -0.15) is 0 Å². The number of aliphatic imine (C=N–C) groups is 1. The van der Waals surface area contributed by atoms with E-state index in [1.54, 1.807) is 7.05 Å². The van der Waals surface area contributed by atoms with Gasteiger partial charge in [-0.1, -0.05) is 48.0 Å². The Hall–Kier alpha value is -0.350. The molecule has 0 aliphatic heterocycles. The van der Waals surface area contributed by atoms with Crippen LogP contribution in [0.15, 0.2) is 33.7 Å². The third-order valence-corrected chi connectivity index (χ3v) is 6.64. The lowest BCUT2D eigenvalue weighted by atomic mass is 9.90. The summed E-state index contributed by atoms with van der Waals surface area (Å²) >= 11 is 3.66. The molecule has 1 fully saturated rings. The second-order valence-corrected chi connectivity index (χ2v) is 11.2. The van der Waals surface area contributed by atoms with E-state index in [0.717, 1.165) is 17.0 Å². The van der Waals surface area contributed by atoms with Crippen LogP contribution in [-0.4, -0.2) is 46.5 Å². The molecule has 0 radical (unpaired) electrons. The molecule has 1 saturated carbocycles. The number of rotatable bonds is 8. The quantitative estimate of drug-likeness (QED) is 0.283. The maximum atomic E-state index is 11.4. The Bertz CT molecular complexity index is 762. The summed E-state index contributed by atoms with van der Waals surface area (Å²) in [6, 6.07) is 8.39. The number of sulfone groups is 1. The van der Waals surface area contributed by atoms with Crippen molar-refractivity contribution in [3.63, 3.8) is 0 Å². The third kappa shape index (κ3) is 7.89. The van der Waals surface area contributed by atoms with Crippen LogP contribution in [0.25, 0.3) is 0 Å². The first-order valence-electron chi connectivity index (χ1n) is 8.94. The highest BCUT2D eigenvalue weighted by Crippen LogP contribution is 2.49. The maximum Gasteiger partial charge on any atom is 0.191 e. The Balaban J connectivity index is 0.00000364. The van der Waals surface area contributed by atoms with Crippen LogP contribution in [0.4, 0.5) is 0 Å². The molecule has 0 amide bonds. The van der Waals surface area contributed by atoms with Crippen molar-refractivity contribution in [2.75, 3.05) is 32.1 Å². The number of benzene rings is 1. The molecule has 0 spiro atoms. The molecule has 0 bridgehead atoms. The first kappa shape index (κ1) is 24.7. The Labute approximate surface area is 189 Å². The smallest absolute Gasteiger partial charge is 0.191 e. The zero-order chi connectivity index (χ0) is 19.4. The van der Waals surface area contributed by atoms with Gasteiger partial charge in [-0.25, -0.2) is 8.42 Å². The van der Waals surface area contributed by atoms with E-state index in [4.69, 9.17) is 0 Å². The molecule has 0 aromatic heterocycles. The number of halogens is 2. The lowest BCUT2D eigenvalue weighted by molar-refractivity contribution is 0.348. The highest BCUT2D eigenvalue weighted by molar-refractivity contribution is 14.0. The Morgan fingerprint density at radius 2 is 1.89 bits per heavy atom. The van der Waals surface area contributed by atoms with Crippen LogP contribution < -0.4 is 10.6 Å². The van der Waals surface area contributed by atoms with E-state index in [1.807, 2.05) is 6.07 Å². The number of nitrogens with zero attached hydrogens (tertiary/aromatic N) is 1. The molecule has 0 heterocycles. The molecule has 1 aliphatic rings. The van der Waals surface area contributed by atoms with Crippen LogP contribution in [0.1, 0.15) is 38.7 Å². The molecule has 0 saturated heterocycles. The molecule has 5 nitrogen and oxygen atoms in total. The second kappa shape index (κ2) is 9.91. The van der Waals surface area contributed by atoms with Crippen molar-refractivity contribution in [1.82, 2.24) is 10.6 Å². The second-order valence-electron chi connectivity index (χ2n) is 8.08. The van der Waals surface area contributed by atoms with E-state index in [2.05, 4.69) is 63.6 Å². The Morgan fingerprint density at radius 3 is 2.41 bits per heavy atom. The summed E-state index contributed by atoms with van der Waals surface area (Å²) in [5, 5.41) is 6.79. The van der Waals surface area contributed by atoms with Crippen LogP contribution in [-0.2, 0) is 15.3 Å². The van der Waals surface area contributed by atoms with Gasteiger partial charge in [0.15, 0.2) is 5.96 Å². The number of guanidine groups is 1. The van der Waals surface area contributed by atoms with Crippen LogP contribution in [0.2, 0.25) is 0 Å². The fourth-order valence-corrected chi connectivity index (χ4v) is 4.56. The lowest BCUT2D eigenvalue weighted by Crippen LogP contribution is -2.44. The topological polar surface area (TPSA) is 70.6 Å². The molecule has 0 atom stereocenters.